The Labute approximate surface area is 115 Å². The van der Waals surface area contributed by atoms with Crippen molar-refractivity contribution < 1.29 is 9.90 Å². The predicted octanol–water partition coefficient (Wildman–Crippen LogP) is 2.64. The predicted molar refractivity (Wildman–Crippen MR) is 74.1 cm³/mol. The average Bonchev–Trinajstić information content (AvgIpc) is 2.83. The van der Waals surface area contributed by atoms with E-state index in [0.717, 1.165) is 17.0 Å². The van der Waals surface area contributed by atoms with E-state index in [2.05, 4.69) is 10.3 Å². The second-order valence-corrected chi connectivity index (χ2v) is 4.93. The normalized spacial score (nSPS) is 10.6. The van der Waals surface area contributed by atoms with Gasteiger partial charge in [0.1, 0.15) is 0 Å². The van der Waals surface area contributed by atoms with Gasteiger partial charge in [0, 0.05) is 4.90 Å². The molecule has 0 fully saturated rings. The molecule has 6 heteroatoms. The molecule has 1 N–H and O–H groups in total. The Hall–Kier alpha value is -1.82. The van der Waals surface area contributed by atoms with Crippen molar-refractivity contribution in [3.63, 3.8) is 0 Å². The topological polar surface area (TPSA) is 68.0 Å². The molecule has 2 aromatic rings. The Morgan fingerprint density at radius 2 is 2.05 bits per heavy atom. The summed E-state index contributed by atoms with van der Waals surface area (Å²) in [5.74, 6) is -1.03. The first-order valence-corrected chi connectivity index (χ1v) is 7.22. The first kappa shape index (κ1) is 13.6. The Bertz CT molecular complexity index is 578. The van der Waals surface area contributed by atoms with Crippen molar-refractivity contribution in [3.05, 3.63) is 35.7 Å². The Morgan fingerprint density at radius 1 is 1.37 bits per heavy atom. The minimum atomic E-state index is -1.03. The number of carbonyl (C=O) groups is 1. The van der Waals surface area contributed by atoms with Crippen molar-refractivity contribution in [2.75, 3.05) is 6.26 Å². The van der Waals surface area contributed by atoms with Crippen LogP contribution in [0.5, 0.6) is 0 Å². The summed E-state index contributed by atoms with van der Waals surface area (Å²) >= 11 is 1.66. The fourth-order valence-electron chi connectivity index (χ4n) is 1.86. The number of carboxylic acids is 1. The van der Waals surface area contributed by atoms with Gasteiger partial charge in [0.05, 0.1) is 11.4 Å². The van der Waals surface area contributed by atoms with Crippen LogP contribution in [0.2, 0.25) is 0 Å². The number of aromatic nitrogens is 3. The molecule has 0 amide bonds. The van der Waals surface area contributed by atoms with E-state index in [4.69, 9.17) is 5.11 Å². The van der Waals surface area contributed by atoms with Crippen LogP contribution >= 0.6 is 11.8 Å². The van der Waals surface area contributed by atoms with Crippen molar-refractivity contribution in [1.82, 2.24) is 15.0 Å². The highest BCUT2D eigenvalue weighted by Gasteiger charge is 2.18. The molecule has 0 unspecified atom stereocenters. The van der Waals surface area contributed by atoms with Crippen LogP contribution in [0.1, 0.15) is 29.5 Å². The highest BCUT2D eigenvalue weighted by Crippen LogP contribution is 2.19. The largest absolute Gasteiger partial charge is 0.476 e. The standard InChI is InChI=1S/C13H15N3O2S/c1-3-4-11-12(13(17)18)14-15-16(11)9-5-7-10(19-2)8-6-9/h5-8H,3-4H2,1-2H3,(H,17,18). The average molecular weight is 277 g/mol. The van der Waals surface area contributed by atoms with Gasteiger partial charge in [0.2, 0.25) is 0 Å². The fraction of sp³-hybridized carbons (Fsp3) is 0.308. The lowest BCUT2D eigenvalue weighted by molar-refractivity contribution is 0.0689. The zero-order valence-corrected chi connectivity index (χ0v) is 11.6. The van der Waals surface area contributed by atoms with Gasteiger partial charge in [-0.2, -0.15) is 0 Å². The Morgan fingerprint density at radius 3 is 2.58 bits per heavy atom. The van der Waals surface area contributed by atoms with E-state index < -0.39 is 5.97 Å². The summed E-state index contributed by atoms with van der Waals surface area (Å²) in [6.07, 6.45) is 3.49. The van der Waals surface area contributed by atoms with Crippen LogP contribution in [0.15, 0.2) is 29.2 Å². The third-order valence-corrected chi connectivity index (χ3v) is 3.51. The van der Waals surface area contributed by atoms with Crippen LogP contribution in [0.4, 0.5) is 0 Å². The lowest BCUT2D eigenvalue weighted by atomic mass is 10.2. The molecule has 100 valence electrons. The van der Waals surface area contributed by atoms with Crippen molar-refractivity contribution in [1.29, 1.82) is 0 Å². The first-order chi connectivity index (χ1) is 9.17. The molecule has 0 aliphatic carbocycles. The van der Waals surface area contributed by atoms with Crippen molar-refractivity contribution in [2.45, 2.75) is 24.7 Å². The number of aromatic carboxylic acids is 1. The van der Waals surface area contributed by atoms with Crippen LogP contribution in [-0.4, -0.2) is 32.3 Å². The molecule has 1 heterocycles. The van der Waals surface area contributed by atoms with Crippen molar-refractivity contribution in [2.24, 2.45) is 0 Å². The second kappa shape index (κ2) is 5.88. The van der Waals surface area contributed by atoms with E-state index in [1.54, 1.807) is 16.4 Å². The minimum Gasteiger partial charge on any atom is -0.476 e. The summed E-state index contributed by atoms with van der Waals surface area (Å²) in [6, 6.07) is 7.81. The molecular weight excluding hydrogens is 262 g/mol. The lowest BCUT2D eigenvalue weighted by Crippen LogP contribution is -2.06. The number of rotatable bonds is 5. The summed E-state index contributed by atoms with van der Waals surface area (Å²) in [4.78, 5) is 12.3. The van der Waals surface area contributed by atoms with Crippen molar-refractivity contribution >= 4 is 17.7 Å². The molecule has 0 saturated carbocycles. The SMILES string of the molecule is CCCc1c(C(=O)O)nnn1-c1ccc(SC)cc1. The summed E-state index contributed by atoms with van der Waals surface area (Å²) < 4.78 is 1.61. The van der Waals surface area contributed by atoms with Gasteiger partial charge in [-0.15, -0.1) is 16.9 Å². The third-order valence-electron chi connectivity index (χ3n) is 2.77. The molecule has 0 bridgehead atoms. The summed E-state index contributed by atoms with van der Waals surface area (Å²) in [6.45, 7) is 2.00. The van der Waals surface area contributed by atoms with Gasteiger partial charge in [-0.25, -0.2) is 9.48 Å². The second-order valence-electron chi connectivity index (χ2n) is 4.05. The van der Waals surface area contributed by atoms with E-state index in [1.807, 2.05) is 37.4 Å². The van der Waals surface area contributed by atoms with Gasteiger partial charge in [-0.1, -0.05) is 18.6 Å². The zero-order chi connectivity index (χ0) is 13.8. The van der Waals surface area contributed by atoms with Gasteiger partial charge >= 0.3 is 5.97 Å². The highest BCUT2D eigenvalue weighted by molar-refractivity contribution is 7.98. The maximum Gasteiger partial charge on any atom is 0.358 e. The number of thioether (sulfide) groups is 1. The number of nitrogens with zero attached hydrogens (tertiary/aromatic N) is 3. The van der Waals surface area contributed by atoms with E-state index in [1.165, 1.54) is 0 Å². The number of benzene rings is 1. The summed E-state index contributed by atoms with van der Waals surface area (Å²) in [7, 11) is 0. The van der Waals surface area contributed by atoms with E-state index in [0.29, 0.717) is 12.1 Å². The van der Waals surface area contributed by atoms with Crippen LogP contribution in [0, 0.1) is 0 Å². The van der Waals surface area contributed by atoms with Crippen LogP contribution in [0.25, 0.3) is 5.69 Å². The van der Waals surface area contributed by atoms with Gasteiger partial charge in [-0.05, 0) is 36.9 Å². The third kappa shape index (κ3) is 2.78. The van der Waals surface area contributed by atoms with Crippen LogP contribution in [0.3, 0.4) is 0 Å². The maximum absolute atomic E-state index is 11.1. The highest BCUT2D eigenvalue weighted by atomic mass is 32.2. The van der Waals surface area contributed by atoms with Crippen LogP contribution < -0.4 is 0 Å². The van der Waals surface area contributed by atoms with Gasteiger partial charge < -0.3 is 5.11 Å². The molecule has 0 radical (unpaired) electrons. The van der Waals surface area contributed by atoms with Crippen LogP contribution in [-0.2, 0) is 6.42 Å². The minimum absolute atomic E-state index is 0.0378. The quantitative estimate of drug-likeness (QED) is 0.851. The van der Waals surface area contributed by atoms with Gasteiger partial charge in [0.15, 0.2) is 5.69 Å². The molecular formula is C13H15N3O2S. The molecule has 0 spiro atoms. The summed E-state index contributed by atoms with van der Waals surface area (Å²) in [5.41, 5.74) is 1.52. The lowest BCUT2D eigenvalue weighted by Gasteiger charge is -2.06. The smallest absolute Gasteiger partial charge is 0.358 e. The molecule has 5 nitrogen and oxygen atoms in total. The van der Waals surface area contributed by atoms with Crippen molar-refractivity contribution in [3.8, 4) is 5.69 Å². The fourth-order valence-corrected chi connectivity index (χ4v) is 2.27. The molecule has 0 aliphatic heterocycles. The molecule has 1 aromatic heterocycles. The van der Waals surface area contributed by atoms with E-state index >= 15 is 0 Å². The summed E-state index contributed by atoms with van der Waals surface area (Å²) in [5, 5.41) is 16.8. The first-order valence-electron chi connectivity index (χ1n) is 5.99. The van der Waals surface area contributed by atoms with Gasteiger partial charge in [0.25, 0.3) is 0 Å². The number of carboxylic acid groups (broad SMARTS) is 1. The number of hydrogen-bond acceptors (Lipinski definition) is 4. The Kier molecular flexibility index (Phi) is 4.21. The molecule has 19 heavy (non-hydrogen) atoms. The monoisotopic (exact) mass is 277 g/mol. The Balaban J connectivity index is 2.45. The molecule has 1 aromatic carbocycles. The van der Waals surface area contributed by atoms with Gasteiger partial charge in [-0.3, -0.25) is 0 Å². The maximum atomic E-state index is 11.1. The molecule has 0 atom stereocenters. The number of hydrogen-bond donors (Lipinski definition) is 1. The van der Waals surface area contributed by atoms with E-state index in [-0.39, 0.29) is 5.69 Å². The zero-order valence-electron chi connectivity index (χ0n) is 10.8. The molecule has 0 aliphatic rings. The molecule has 0 saturated heterocycles. The van der Waals surface area contributed by atoms with E-state index in [9.17, 15) is 4.79 Å². The molecule has 2 rings (SSSR count).